The Hall–Kier alpha value is -3.77. The van der Waals surface area contributed by atoms with Crippen LogP contribution in [-0.4, -0.2) is 118 Å². The van der Waals surface area contributed by atoms with Crippen LogP contribution < -0.4 is 21.3 Å². The summed E-state index contributed by atoms with van der Waals surface area (Å²) in [4.78, 5) is 71.2. The van der Waals surface area contributed by atoms with Crippen LogP contribution in [0.4, 0.5) is 0 Å². The summed E-state index contributed by atoms with van der Waals surface area (Å²) in [6.45, 7) is 2.03. The molecule has 1 aromatic carbocycles. The van der Waals surface area contributed by atoms with Crippen LogP contribution in [0.25, 0.3) is 0 Å². The van der Waals surface area contributed by atoms with Crippen LogP contribution in [0.15, 0.2) is 29.2 Å². The zero-order chi connectivity index (χ0) is 41.8. The molecule has 0 radical (unpaired) electrons. The molecular formula is C40H66N4O12S. The Morgan fingerprint density at radius 3 is 1.49 bits per heavy atom. The molecule has 1 aromatic rings. The van der Waals surface area contributed by atoms with Gasteiger partial charge in [-0.25, -0.2) is 4.79 Å². The fourth-order valence-corrected chi connectivity index (χ4v) is 5.58. The Morgan fingerprint density at radius 2 is 0.982 bits per heavy atom. The SMILES string of the molecule is O=C(O)CCCCCCCCCCCCCCC(=O)NC(CCC(=O)NCCOCCOCC(=O)NCCOCCOCC(=O)NCc1ccc(S)cc1)C(=O)O. The average molecular weight is 827 g/mol. The van der Waals surface area contributed by atoms with Gasteiger partial charge in [0.2, 0.25) is 23.6 Å². The molecule has 324 valence electrons. The molecule has 0 bridgehead atoms. The summed E-state index contributed by atoms with van der Waals surface area (Å²) >= 11 is 4.23. The smallest absolute Gasteiger partial charge is 0.326 e. The van der Waals surface area contributed by atoms with Crippen molar-refractivity contribution in [1.29, 1.82) is 0 Å². The van der Waals surface area contributed by atoms with Crippen LogP contribution in [0.2, 0.25) is 0 Å². The van der Waals surface area contributed by atoms with Crippen molar-refractivity contribution in [2.75, 3.05) is 65.9 Å². The molecule has 6 N–H and O–H groups in total. The maximum absolute atomic E-state index is 12.3. The number of nitrogens with one attached hydrogen (secondary N) is 4. The number of carbonyl (C=O) groups is 6. The van der Waals surface area contributed by atoms with Crippen LogP contribution in [0.1, 0.15) is 108 Å². The minimum Gasteiger partial charge on any atom is -0.481 e. The number of carboxylic acid groups (broad SMARTS) is 2. The normalized spacial score (nSPS) is 11.5. The largest absolute Gasteiger partial charge is 0.481 e. The van der Waals surface area contributed by atoms with E-state index < -0.39 is 18.0 Å². The molecule has 0 heterocycles. The molecular weight excluding hydrogens is 761 g/mol. The third-order valence-electron chi connectivity index (χ3n) is 8.61. The number of ether oxygens (including phenoxy) is 4. The lowest BCUT2D eigenvalue weighted by Gasteiger charge is -2.14. The number of carboxylic acids is 2. The van der Waals surface area contributed by atoms with Gasteiger partial charge in [0.25, 0.3) is 0 Å². The molecule has 0 aliphatic carbocycles. The maximum atomic E-state index is 12.3. The molecule has 1 rings (SSSR count). The van der Waals surface area contributed by atoms with Gasteiger partial charge in [0.15, 0.2) is 0 Å². The van der Waals surface area contributed by atoms with E-state index in [9.17, 15) is 33.9 Å². The van der Waals surface area contributed by atoms with Gasteiger partial charge in [-0.15, -0.1) is 12.6 Å². The quantitative estimate of drug-likeness (QED) is 0.0374. The molecule has 0 aliphatic rings. The second-order valence-corrected chi connectivity index (χ2v) is 14.1. The summed E-state index contributed by atoms with van der Waals surface area (Å²) in [5.41, 5.74) is 0.962. The molecule has 0 fully saturated rings. The predicted molar refractivity (Wildman–Crippen MR) is 216 cm³/mol. The molecule has 0 spiro atoms. The van der Waals surface area contributed by atoms with Crippen molar-refractivity contribution >= 4 is 48.2 Å². The molecule has 1 unspecified atom stereocenters. The van der Waals surface area contributed by atoms with E-state index in [4.69, 9.17) is 24.1 Å². The summed E-state index contributed by atoms with van der Waals surface area (Å²) < 4.78 is 21.3. The average Bonchev–Trinajstić information content (AvgIpc) is 3.18. The monoisotopic (exact) mass is 826 g/mol. The van der Waals surface area contributed by atoms with Crippen LogP contribution >= 0.6 is 12.6 Å². The zero-order valence-corrected chi connectivity index (χ0v) is 34.3. The summed E-state index contributed by atoms with van der Waals surface area (Å²) in [5.74, 6) is -3.14. The lowest BCUT2D eigenvalue weighted by Crippen LogP contribution is -2.41. The topological polar surface area (TPSA) is 228 Å². The number of thiol groups is 1. The number of hydrogen-bond donors (Lipinski definition) is 7. The van der Waals surface area contributed by atoms with E-state index in [2.05, 4.69) is 33.9 Å². The van der Waals surface area contributed by atoms with Crippen molar-refractivity contribution < 1.29 is 57.9 Å². The third-order valence-corrected chi connectivity index (χ3v) is 8.91. The molecule has 1 atom stereocenters. The predicted octanol–water partition coefficient (Wildman–Crippen LogP) is 3.79. The summed E-state index contributed by atoms with van der Waals surface area (Å²) in [7, 11) is 0. The molecule has 0 saturated carbocycles. The van der Waals surface area contributed by atoms with Crippen molar-refractivity contribution in [3.8, 4) is 0 Å². The van der Waals surface area contributed by atoms with E-state index in [0.717, 1.165) is 61.8 Å². The first-order valence-corrected chi connectivity index (χ1v) is 20.6. The van der Waals surface area contributed by atoms with E-state index in [0.29, 0.717) is 13.0 Å². The fraction of sp³-hybridized carbons (Fsp3) is 0.700. The van der Waals surface area contributed by atoms with E-state index in [1.54, 1.807) is 0 Å². The first kappa shape index (κ1) is 51.2. The molecule has 57 heavy (non-hydrogen) atoms. The summed E-state index contributed by atoms with van der Waals surface area (Å²) in [5, 5.41) is 28.7. The van der Waals surface area contributed by atoms with E-state index in [1.165, 1.54) is 19.3 Å². The number of benzene rings is 1. The van der Waals surface area contributed by atoms with E-state index >= 15 is 0 Å². The van der Waals surface area contributed by atoms with Crippen molar-refractivity contribution in [3.63, 3.8) is 0 Å². The van der Waals surface area contributed by atoms with Gasteiger partial charge < -0.3 is 50.4 Å². The van der Waals surface area contributed by atoms with Gasteiger partial charge >= 0.3 is 11.9 Å². The van der Waals surface area contributed by atoms with Gasteiger partial charge in [0.1, 0.15) is 19.3 Å². The van der Waals surface area contributed by atoms with Crippen molar-refractivity contribution in [1.82, 2.24) is 21.3 Å². The van der Waals surface area contributed by atoms with Crippen LogP contribution in [0.3, 0.4) is 0 Å². The molecule has 4 amide bonds. The zero-order valence-electron chi connectivity index (χ0n) is 33.4. The highest BCUT2D eigenvalue weighted by Gasteiger charge is 2.20. The first-order valence-electron chi connectivity index (χ1n) is 20.2. The van der Waals surface area contributed by atoms with Crippen LogP contribution in [0.5, 0.6) is 0 Å². The van der Waals surface area contributed by atoms with Gasteiger partial charge in [0, 0.05) is 43.8 Å². The highest BCUT2D eigenvalue weighted by molar-refractivity contribution is 7.80. The Balaban J connectivity index is 1.91. The van der Waals surface area contributed by atoms with Gasteiger partial charge in [-0.05, 0) is 37.0 Å². The number of aliphatic carboxylic acids is 2. The standard InChI is InChI=1S/C40H66N4O12S/c45-35(20-19-34(40(51)52)44-36(46)13-11-9-7-5-3-1-2-4-6-8-10-12-14-39(49)50)41-21-23-53-25-27-55-30-37(47)42-22-24-54-26-28-56-31-38(48)43-29-32-15-17-33(57)18-16-32/h15-18,34,57H,1-14,19-31H2,(H,41,45)(H,42,47)(H,43,48)(H,44,46)(H,49,50)(H,51,52). The molecule has 0 aromatic heterocycles. The summed E-state index contributed by atoms with van der Waals surface area (Å²) in [6, 6.07) is 6.33. The number of rotatable bonds is 38. The highest BCUT2D eigenvalue weighted by Crippen LogP contribution is 2.13. The van der Waals surface area contributed by atoms with Gasteiger partial charge in [-0.1, -0.05) is 76.3 Å². The number of amides is 4. The Labute approximate surface area is 342 Å². The van der Waals surface area contributed by atoms with Gasteiger partial charge in [-0.2, -0.15) is 0 Å². The number of hydrogen-bond acceptors (Lipinski definition) is 11. The molecule has 0 saturated heterocycles. The second-order valence-electron chi connectivity index (χ2n) is 13.6. The van der Waals surface area contributed by atoms with Gasteiger partial charge in [0.05, 0.1) is 39.6 Å². The van der Waals surface area contributed by atoms with E-state index in [-0.39, 0.29) is 115 Å². The lowest BCUT2D eigenvalue weighted by molar-refractivity contribution is -0.142. The molecule has 16 nitrogen and oxygen atoms in total. The maximum Gasteiger partial charge on any atom is 0.326 e. The van der Waals surface area contributed by atoms with Crippen molar-refractivity contribution in [2.45, 2.75) is 120 Å². The van der Waals surface area contributed by atoms with Crippen molar-refractivity contribution in [3.05, 3.63) is 29.8 Å². The fourth-order valence-electron chi connectivity index (χ4n) is 5.43. The van der Waals surface area contributed by atoms with Gasteiger partial charge in [-0.3, -0.25) is 24.0 Å². The molecule has 0 aliphatic heterocycles. The number of carbonyl (C=O) groups excluding carboxylic acids is 4. The number of unbranched alkanes of at least 4 members (excludes halogenated alkanes) is 11. The van der Waals surface area contributed by atoms with E-state index in [1.807, 2.05) is 24.3 Å². The van der Waals surface area contributed by atoms with Crippen LogP contribution in [0, 0.1) is 0 Å². The first-order chi connectivity index (χ1) is 27.6. The molecule has 17 heteroatoms. The van der Waals surface area contributed by atoms with Crippen LogP contribution in [-0.2, 0) is 54.3 Å². The second kappa shape index (κ2) is 35.4. The minimum atomic E-state index is -1.19. The minimum absolute atomic E-state index is 0.0270. The van der Waals surface area contributed by atoms with Crippen molar-refractivity contribution in [2.24, 2.45) is 0 Å². The lowest BCUT2D eigenvalue weighted by atomic mass is 10.0. The Bertz CT molecular complexity index is 1270. The highest BCUT2D eigenvalue weighted by atomic mass is 32.1. The Morgan fingerprint density at radius 1 is 0.526 bits per heavy atom. The Kier molecular flexibility index (Phi) is 31.8. The third kappa shape index (κ3) is 33.0. The summed E-state index contributed by atoms with van der Waals surface area (Å²) in [6.07, 6.45) is 12.7.